The van der Waals surface area contributed by atoms with E-state index in [-0.39, 0.29) is 5.82 Å². The zero-order valence-corrected chi connectivity index (χ0v) is 8.39. The van der Waals surface area contributed by atoms with Gasteiger partial charge in [-0.1, -0.05) is 13.0 Å². The van der Waals surface area contributed by atoms with Gasteiger partial charge in [-0.15, -0.1) is 0 Å². The molecule has 0 saturated heterocycles. The average Bonchev–Trinajstić information content (AvgIpc) is 2.03. The zero-order chi connectivity index (χ0) is 10.1. The van der Waals surface area contributed by atoms with Crippen LogP contribution in [0.4, 0.5) is 4.39 Å². The summed E-state index contributed by atoms with van der Waals surface area (Å²) in [6.45, 7) is 5.82. The SMILES string of the molecule is CCc1ccc(F)cc1C(C)(C)N. The number of hydrogen-bond acceptors (Lipinski definition) is 1. The highest BCUT2D eigenvalue weighted by Gasteiger charge is 2.17. The number of nitrogens with two attached hydrogens (primary N) is 1. The summed E-state index contributed by atoms with van der Waals surface area (Å²) in [5.41, 5.74) is 7.49. The maximum atomic E-state index is 13.0. The third-order valence-corrected chi connectivity index (χ3v) is 2.15. The van der Waals surface area contributed by atoms with Crippen molar-refractivity contribution < 1.29 is 4.39 Å². The van der Waals surface area contributed by atoms with Crippen LogP contribution in [0.5, 0.6) is 0 Å². The van der Waals surface area contributed by atoms with E-state index < -0.39 is 5.54 Å². The van der Waals surface area contributed by atoms with Crippen LogP contribution in [0.2, 0.25) is 0 Å². The predicted molar refractivity (Wildman–Crippen MR) is 53.0 cm³/mol. The standard InChI is InChI=1S/C11H16FN/c1-4-8-5-6-9(12)7-10(8)11(2,3)13/h5-7H,4,13H2,1-3H3. The van der Waals surface area contributed by atoms with Crippen molar-refractivity contribution in [1.29, 1.82) is 0 Å². The first kappa shape index (κ1) is 10.2. The monoisotopic (exact) mass is 181 g/mol. The average molecular weight is 181 g/mol. The molecule has 13 heavy (non-hydrogen) atoms. The number of rotatable bonds is 2. The van der Waals surface area contributed by atoms with E-state index in [1.807, 2.05) is 20.8 Å². The second kappa shape index (κ2) is 3.46. The Morgan fingerprint density at radius 1 is 1.38 bits per heavy atom. The largest absolute Gasteiger partial charge is 0.322 e. The molecule has 1 rings (SSSR count). The van der Waals surface area contributed by atoms with Crippen molar-refractivity contribution in [1.82, 2.24) is 0 Å². The predicted octanol–water partition coefficient (Wildman–Crippen LogP) is 2.58. The van der Waals surface area contributed by atoms with Crippen LogP contribution in [0.3, 0.4) is 0 Å². The van der Waals surface area contributed by atoms with E-state index in [1.54, 1.807) is 6.07 Å². The van der Waals surface area contributed by atoms with E-state index in [2.05, 4.69) is 0 Å². The lowest BCUT2D eigenvalue weighted by atomic mass is 9.90. The molecule has 72 valence electrons. The van der Waals surface area contributed by atoms with Gasteiger partial charge in [0.25, 0.3) is 0 Å². The van der Waals surface area contributed by atoms with Gasteiger partial charge in [-0.25, -0.2) is 4.39 Å². The molecule has 0 fully saturated rings. The minimum atomic E-state index is -0.465. The highest BCUT2D eigenvalue weighted by atomic mass is 19.1. The van der Waals surface area contributed by atoms with Crippen LogP contribution in [0.1, 0.15) is 31.9 Å². The van der Waals surface area contributed by atoms with Crippen LogP contribution in [0, 0.1) is 5.82 Å². The fraction of sp³-hybridized carbons (Fsp3) is 0.455. The summed E-state index contributed by atoms with van der Waals surface area (Å²) in [7, 11) is 0. The van der Waals surface area contributed by atoms with Crippen molar-refractivity contribution in [3.63, 3.8) is 0 Å². The highest BCUT2D eigenvalue weighted by Crippen LogP contribution is 2.22. The van der Waals surface area contributed by atoms with E-state index in [0.29, 0.717) is 0 Å². The molecule has 0 aliphatic rings. The number of aryl methyl sites for hydroxylation is 1. The van der Waals surface area contributed by atoms with Crippen LogP contribution >= 0.6 is 0 Å². The van der Waals surface area contributed by atoms with E-state index in [4.69, 9.17) is 5.73 Å². The minimum Gasteiger partial charge on any atom is -0.322 e. The summed E-state index contributed by atoms with van der Waals surface area (Å²) in [5, 5.41) is 0. The Bertz CT molecular complexity index is 299. The van der Waals surface area contributed by atoms with Gasteiger partial charge in [0.05, 0.1) is 0 Å². The quantitative estimate of drug-likeness (QED) is 0.745. The zero-order valence-electron chi connectivity index (χ0n) is 8.39. The number of benzene rings is 1. The van der Waals surface area contributed by atoms with Crippen molar-refractivity contribution >= 4 is 0 Å². The van der Waals surface area contributed by atoms with Crippen molar-refractivity contribution in [2.75, 3.05) is 0 Å². The van der Waals surface area contributed by atoms with Gasteiger partial charge in [0.2, 0.25) is 0 Å². The lowest BCUT2D eigenvalue weighted by Gasteiger charge is -2.22. The van der Waals surface area contributed by atoms with Gasteiger partial charge in [0, 0.05) is 5.54 Å². The number of hydrogen-bond donors (Lipinski definition) is 1. The molecule has 0 aliphatic carbocycles. The summed E-state index contributed by atoms with van der Waals surface area (Å²) in [4.78, 5) is 0. The van der Waals surface area contributed by atoms with E-state index in [1.165, 1.54) is 12.1 Å². The normalized spacial score (nSPS) is 11.8. The maximum absolute atomic E-state index is 13.0. The topological polar surface area (TPSA) is 26.0 Å². The lowest BCUT2D eigenvalue weighted by molar-refractivity contribution is 0.537. The lowest BCUT2D eigenvalue weighted by Crippen LogP contribution is -2.30. The van der Waals surface area contributed by atoms with Gasteiger partial charge in [-0.2, -0.15) is 0 Å². The van der Waals surface area contributed by atoms with Crippen LogP contribution in [0.25, 0.3) is 0 Å². The van der Waals surface area contributed by atoms with Crippen LogP contribution < -0.4 is 5.73 Å². The molecule has 0 aromatic heterocycles. The Morgan fingerprint density at radius 2 is 2.00 bits per heavy atom. The first-order valence-electron chi connectivity index (χ1n) is 4.53. The Hall–Kier alpha value is -0.890. The van der Waals surface area contributed by atoms with Gasteiger partial charge in [0.15, 0.2) is 0 Å². The second-order valence-electron chi connectivity index (χ2n) is 3.88. The summed E-state index contributed by atoms with van der Waals surface area (Å²) in [5.74, 6) is -0.217. The van der Waals surface area contributed by atoms with E-state index in [9.17, 15) is 4.39 Å². The Morgan fingerprint density at radius 3 is 2.46 bits per heavy atom. The van der Waals surface area contributed by atoms with Gasteiger partial charge >= 0.3 is 0 Å². The number of halogens is 1. The molecule has 0 heterocycles. The molecule has 2 N–H and O–H groups in total. The van der Waals surface area contributed by atoms with E-state index in [0.717, 1.165) is 17.5 Å². The maximum Gasteiger partial charge on any atom is 0.123 e. The molecule has 1 aromatic rings. The molecule has 0 saturated carbocycles. The van der Waals surface area contributed by atoms with Gasteiger partial charge in [-0.3, -0.25) is 0 Å². The molecule has 0 spiro atoms. The molecule has 0 amide bonds. The molecule has 1 nitrogen and oxygen atoms in total. The Labute approximate surface area is 78.8 Å². The highest BCUT2D eigenvalue weighted by molar-refractivity contribution is 5.33. The molecular formula is C11H16FN. The van der Waals surface area contributed by atoms with Gasteiger partial charge < -0.3 is 5.73 Å². The molecule has 1 aromatic carbocycles. The molecule has 0 aliphatic heterocycles. The van der Waals surface area contributed by atoms with Gasteiger partial charge in [0.1, 0.15) is 5.82 Å². The summed E-state index contributed by atoms with van der Waals surface area (Å²) in [6, 6.07) is 4.81. The fourth-order valence-corrected chi connectivity index (χ4v) is 1.46. The molecule has 0 atom stereocenters. The van der Waals surface area contributed by atoms with Crippen molar-refractivity contribution in [2.45, 2.75) is 32.7 Å². The van der Waals surface area contributed by atoms with Crippen LogP contribution in [0.15, 0.2) is 18.2 Å². The molecule has 0 bridgehead atoms. The third kappa shape index (κ3) is 2.28. The van der Waals surface area contributed by atoms with Crippen LogP contribution in [-0.4, -0.2) is 0 Å². The molecule has 0 unspecified atom stereocenters. The van der Waals surface area contributed by atoms with Crippen molar-refractivity contribution in [3.05, 3.63) is 35.1 Å². The molecule has 2 heteroatoms. The first-order chi connectivity index (χ1) is 5.95. The van der Waals surface area contributed by atoms with Crippen molar-refractivity contribution in [3.8, 4) is 0 Å². The Kier molecular flexibility index (Phi) is 2.71. The van der Waals surface area contributed by atoms with Crippen LogP contribution in [-0.2, 0) is 12.0 Å². The molecule has 0 radical (unpaired) electrons. The summed E-state index contributed by atoms with van der Waals surface area (Å²) in [6.07, 6.45) is 0.885. The van der Waals surface area contributed by atoms with Crippen molar-refractivity contribution in [2.24, 2.45) is 5.73 Å². The van der Waals surface area contributed by atoms with Gasteiger partial charge in [-0.05, 0) is 43.5 Å². The third-order valence-electron chi connectivity index (χ3n) is 2.15. The summed E-state index contributed by atoms with van der Waals surface area (Å²) < 4.78 is 13.0. The van der Waals surface area contributed by atoms with E-state index >= 15 is 0 Å². The smallest absolute Gasteiger partial charge is 0.123 e. The minimum absolute atomic E-state index is 0.217. The fourth-order valence-electron chi connectivity index (χ4n) is 1.46. The first-order valence-corrected chi connectivity index (χ1v) is 4.53. The summed E-state index contributed by atoms with van der Waals surface area (Å²) >= 11 is 0. The molecular weight excluding hydrogens is 165 g/mol. The Balaban J connectivity index is 3.24. The second-order valence-corrected chi connectivity index (χ2v) is 3.88.